The summed E-state index contributed by atoms with van der Waals surface area (Å²) in [6.45, 7) is 2.91. The highest BCUT2D eigenvalue weighted by Gasteiger charge is 2.11. The van der Waals surface area contributed by atoms with Crippen LogP contribution in [-0.4, -0.2) is 17.1 Å². The predicted octanol–water partition coefficient (Wildman–Crippen LogP) is 5.02. The average Bonchev–Trinajstić information content (AvgIpc) is 2.97. The van der Waals surface area contributed by atoms with Crippen molar-refractivity contribution in [3.63, 3.8) is 0 Å². The molecule has 1 heterocycles. The zero-order chi connectivity index (χ0) is 17.2. The van der Waals surface area contributed by atoms with E-state index in [4.69, 9.17) is 4.74 Å². The van der Waals surface area contributed by atoms with Gasteiger partial charge < -0.3 is 9.30 Å². The molecule has 0 bridgehead atoms. The van der Waals surface area contributed by atoms with E-state index < -0.39 is 0 Å². The van der Waals surface area contributed by atoms with E-state index in [1.54, 1.807) is 6.07 Å². The molecule has 0 fully saturated rings. The van der Waals surface area contributed by atoms with E-state index in [-0.39, 0.29) is 5.97 Å². The molecule has 0 radical (unpaired) electrons. The van der Waals surface area contributed by atoms with Crippen LogP contribution in [0.2, 0.25) is 0 Å². The first-order valence-electron chi connectivity index (χ1n) is 8.50. The first-order chi connectivity index (χ1) is 12.3. The molecule has 0 N–H and O–H groups in total. The molecule has 3 nitrogen and oxygen atoms in total. The maximum absolute atomic E-state index is 12.0. The van der Waals surface area contributed by atoms with E-state index in [0.717, 1.165) is 5.56 Å². The highest BCUT2D eigenvalue weighted by molar-refractivity contribution is 6.08. The third kappa shape index (κ3) is 2.78. The Bertz CT molecular complexity index is 1010. The number of ether oxygens (including phenoxy) is 1. The molecule has 0 amide bonds. The van der Waals surface area contributed by atoms with E-state index in [9.17, 15) is 4.79 Å². The Morgan fingerprint density at radius 1 is 0.880 bits per heavy atom. The number of nitrogens with zero attached hydrogens (tertiary/aromatic N) is 1. The van der Waals surface area contributed by atoms with Gasteiger partial charge in [0, 0.05) is 28.4 Å². The number of carbonyl (C=O) groups excluding carboxylic acids is 1. The van der Waals surface area contributed by atoms with Crippen LogP contribution in [0.1, 0.15) is 22.8 Å². The van der Waals surface area contributed by atoms with Gasteiger partial charge in [-0.25, -0.2) is 4.79 Å². The van der Waals surface area contributed by atoms with Gasteiger partial charge in [-0.1, -0.05) is 48.5 Å². The van der Waals surface area contributed by atoms with Gasteiger partial charge in [0.1, 0.15) is 0 Å². The lowest BCUT2D eigenvalue weighted by atomic mass is 10.1. The standard InChI is InChI=1S/C22H19NO2/c1-2-25-22(24)17-9-7-8-16(14-17)15-23-20-12-5-3-10-18(20)19-11-4-6-13-21(19)23/h3-14H,2,15H2,1H3. The van der Waals surface area contributed by atoms with Gasteiger partial charge in [0.25, 0.3) is 0 Å². The average molecular weight is 329 g/mol. The zero-order valence-electron chi connectivity index (χ0n) is 14.1. The summed E-state index contributed by atoms with van der Waals surface area (Å²) in [4.78, 5) is 12.0. The number of para-hydroxylation sites is 2. The lowest BCUT2D eigenvalue weighted by Gasteiger charge is -2.09. The zero-order valence-corrected chi connectivity index (χ0v) is 14.1. The van der Waals surface area contributed by atoms with Crippen LogP contribution in [0.3, 0.4) is 0 Å². The minimum absolute atomic E-state index is 0.272. The van der Waals surface area contributed by atoms with Crippen molar-refractivity contribution in [3.8, 4) is 0 Å². The van der Waals surface area contributed by atoms with Gasteiger partial charge in [0.15, 0.2) is 0 Å². The van der Waals surface area contributed by atoms with Gasteiger partial charge in [-0.05, 0) is 36.8 Å². The molecule has 4 aromatic rings. The van der Waals surface area contributed by atoms with Gasteiger partial charge in [-0.15, -0.1) is 0 Å². The Morgan fingerprint density at radius 3 is 2.16 bits per heavy atom. The van der Waals surface area contributed by atoms with Crippen LogP contribution in [0.5, 0.6) is 0 Å². The normalized spacial score (nSPS) is 11.1. The molecule has 124 valence electrons. The highest BCUT2D eigenvalue weighted by atomic mass is 16.5. The van der Waals surface area contributed by atoms with Crippen molar-refractivity contribution in [2.45, 2.75) is 13.5 Å². The number of benzene rings is 3. The topological polar surface area (TPSA) is 31.2 Å². The fraction of sp³-hybridized carbons (Fsp3) is 0.136. The molecule has 3 heteroatoms. The number of aromatic nitrogens is 1. The number of rotatable bonds is 4. The third-order valence-corrected chi connectivity index (χ3v) is 4.46. The number of hydrogen-bond donors (Lipinski definition) is 0. The smallest absolute Gasteiger partial charge is 0.338 e. The first-order valence-corrected chi connectivity index (χ1v) is 8.50. The van der Waals surface area contributed by atoms with Gasteiger partial charge >= 0.3 is 5.97 Å². The molecule has 0 aliphatic carbocycles. The monoisotopic (exact) mass is 329 g/mol. The van der Waals surface area contributed by atoms with Crippen LogP contribution in [0.25, 0.3) is 21.8 Å². The van der Waals surface area contributed by atoms with E-state index in [0.29, 0.717) is 18.7 Å². The fourth-order valence-corrected chi connectivity index (χ4v) is 3.37. The largest absolute Gasteiger partial charge is 0.462 e. The Kier molecular flexibility index (Phi) is 3.98. The van der Waals surface area contributed by atoms with E-state index >= 15 is 0 Å². The van der Waals surface area contributed by atoms with Crippen LogP contribution in [0.15, 0.2) is 72.8 Å². The molecule has 0 aliphatic rings. The third-order valence-electron chi connectivity index (χ3n) is 4.46. The molecule has 25 heavy (non-hydrogen) atoms. The summed E-state index contributed by atoms with van der Waals surface area (Å²) in [6, 6.07) is 24.5. The summed E-state index contributed by atoms with van der Waals surface area (Å²) in [5.41, 5.74) is 4.08. The number of carbonyl (C=O) groups is 1. The van der Waals surface area contributed by atoms with E-state index in [1.165, 1.54) is 21.8 Å². The SMILES string of the molecule is CCOC(=O)c1cccc(Cn2c3ccccc3c3ccccc32)c1. The minimum Gasteiger partial charge on any atom is -0.462 e. The summed E-state index contributed by atoms with van der Waals surface area (Å²) < 4.78 is 7.41. The first kappa shape index (κ1) is 15.5. The minimum atomic E-state index is -0.272. The maximum atomic E-state index is 12.0. The molecule has 0 saturated carbocycles. The Morgan fingerprint density at radius 2 is 1.52 bits per heavy atom. The molecule has 0 atom stereocenters. The highest BCUT2D eigenvalue weighted by Crippen LogP contribution is 2.29. The summed E-state index contributed by atoms with van der Waals surface area (Å²) in [7, 11) is 0. The van der Waals surface area contributed by atoms with Crippen LogP contribution in [0.4, 0.5) is 0 Å². The number of fused-ring (bicyclic) bond motifs is 3. The van der Waals surface area contributed by atoms with Crippen LogP contribution >= 0.6 is 0 Å². The lowest BCUT2D eigenvalue weighted by molar-refractivity contribution is 0.0526. The van der Waals surface area contributed by atoms with Crippen molar-refractivity contribution in [1.82, 2.24) is 4.57 Å². The lowest BCUT2D eigenvalue weighted by Crippen LogP contribution is -2.06. The van der Waals surface area contributed by atoms with Crippen molar-refractivity contribution in [2.75, 3.05) is 6.61 Å². The van der Waals surface area contributed by atoms with Crippen LogP contribution < -0.4 is 0 Å². The second-order valence-electron chi connectivity index (χ2n) is 6.04. The van der Waals surface area contributed by atoms with Crippen molar-refractivity contribution in [1.29, 1.82) is 0 Å². The van der Waals surface area contributed by atoms with Gasteiger partial charge in [0.05, 0.1) is 12.2 Å². The molecule has 1 aromatic heterocycles. The quantitative estimate of drug-likeness (QED) is 0.492. The van der Waals surface area contributed by atoms with Crippen molar-refractivity contribution < 1.29 is 9.53 Å². The molecule has 0 unspecified atom stereocenters. The molecular weight excluding hydrogens is 310 g/mol. The van der Waals surface area contributed by atoms with Crippen LogP contribution in [-0.2, 0) is 11.3 Å². The van der Waals surface area contributed by atoms with Crippen LogP contribution in [0, 0.1) is 0 Å². The molecule has 0 aliphatic heterocycles. The molecule has 4 rings (SSSR count). The van der Waals surface area contributed by atoms with Crippen molar-refractivity contribution in [2.24, 2.45) is 0 Å². The predicted molar refractivity (Wildman–Crippen MR) is 101 cm³/mol. The summed E-state index contributed by atoms with van der Waals surface area (Å²) in [6.07, 6.45) is 0. The van der Waals surface area contributed by atoms with E-state index in [2.05, 4.69) is 53.1 Å². The van der Waals surface area contributed by atoms with Gasteiger partial charge in [-0.2, -0.15) is 0 Å². The number of esters is 1. The maximum Gasteiger partial charge on any atom is 0.338 e. The fourth-order valence-electron chi connectivity index (χ4n) is 3.37. The summed E-state index contributed by atoms with van der Waals surface area (Å²) in [5.74, 6) is -0.272. The Balaban J connectivity index is 1.80. The van der Waals surface area contributed by atoms with E-state index in [1.807, 2.05) is 25.1 Å². The van der Waals surface area contributed by atoms with Crippen molar-refractivity contribution in [3.05, 3.63) is 83.9 Å². The molecule has 0 saturated heterocycles. The molecular formula is C22H19NO2. The second-order valence-corrected chi connectivity index (χ2v) is 6.04. The molecule has 3 aromatic carbocycles. The van der Waals surface area contributed by atoms with Crippen molar-refractivity contribution >= 4 is 27.8 Å². The summed E-state index contributed by atoms with van der Waals surface area (Å²) in [5, 5.41) is 2.50. The number of hydrogen-bond acceptors (Lipinski definition) is 2. The molecule has 0 spiro atoms. The van der Waals surface area contributed by atoms with Gasteiger partial charge in [-0.3, -0.25) is 0 Å². The van der Waals surface area contributed by atoms with Gasteiger partial charge in [0.2, 0.25) is 0 Å². The Labute approximate surface area is 146 Å². The second kappa shape index (κ2) is 6.44. The Hall–Kier alpha value is -3.07. The summed E-state index contributed by atoms with van der Waals surface area (Å²) >= 11 is 0.